The maximum atomic E-state index is 12.1. The van der Waals surface area contributed by atoms with Crippen LogP contribution in [0, 0.1) is 0 Å². The summed E-state index contributed by atoms with van der Waals surface area (Å²) in [4.78, 5) is 33.5. The Labute approximate surface area is 225 Å². The first-order valence-electron chi connectivity index (χ1n) is 14.0. The number of carbonyl (C=O) groups is 2. The van der Waals surface area contributed by atoms with Gasteiger partial charge in [-0.25, -0.2) is 9.36 Å². The van der Waals surface area contributed by atoms with Gasteiger partial charge in [0.25, 0.3) is 0 Å². The van der Waals surface area contributed by atoms with Crippen LogP contribution in [0.1, 0.15) is 96.8 Å². The third-order valence-electron chi connectivity index (χ3n) is 5.83. The van der Waals surface area contributed by atoms with Gasteiger partial charge in [0.2, 0.25) is 0 Å². The first-order valence-corrected chi connectivity index (χ1v) is 15.4. The van der Waals surface area contributed by atoms with Crippen molar-refractivity contribution >= 4 is 19.9 Å². The summed E-state index contributed by atoms with van der Waals surface area (Å²) in [5, 5.41) is 2.29. The second kappa shape index (κ2) is 21.7. The number of unbranched alkanes of at least 4 members (excludes halogenated alkanes) is 12. The van der Waals surface area contributed by atoms with Crippen LogP contribution in [0.3, 0.4) is 0 Å². The molecule has 1 amide bonds. The summed E-state index contributed by atoms with van der Waals surface area (Å²) in [7, 11) is 2.81. The Kier molecular flexibility index (Phi) is 21.0. The summed E-state index contributed by atoms with van der Waals surface area (Å²) in [6, 6.07) is 0. The minimum absolute atomic E-state index is 0.0202. The van der Waals surface area contributed by atoms with Crippen LogP contribution < -0.4 is 5.32 Å². The summed E-state index contributed by atoms with van der Waals surface area (Å²) in [5.74, 6) is -0.403. The first-order chi connectivity index (χ1) is 17.5. The molecule has 0 aliphatic heterocycles. The van der Waals surface area contributed by atoms with E-state index in [2.05, 4.69) is 12.2 Å². The van der Waals surface area contributed by atoms with Crippen LogP contribution in [-0.4, -0.2) is 82.1 Å². The van der Waals surface area contributed by atoms with Crippen molar-refractivity contribution < 1.29 is 42.1 Å². The number of likely N-dealkylation sites (N-methyl/N-ethyl adjacent to an activating group) is 1. The summed E-state index contributed by atoms with van der Waals surface area (Å²) in [6.45, 7) is 2.04. The molecule has 0 radical (unpaired) electrons. The summed E-state index contributed by atoms with van der Waals surface area (Å²) in [5.41, 5.74) is 0. The number of rotatable bonds is 24. The van der Waals surface area contributed by atoms with Crippen LogP contribution in [0.4, 0.5) is 4.79 Å². The monoisotopic (exact) mass is 553 g/mol. The Hall–Kier alpha value is -1.19. The Balaban J connectivity index is 4.05. The lowest BCUT2D eigenvalue weighted by atomic mass is 10.0. The molecule has 0 bridgehead atoms. The van der Waals surface area contributed by atoms with E-state index in [1.807, 2.05) is 21.1 Å². The molecule has 0 heterocycles. The van der Waals surface area contributed by atoms with Gasteiger partial charge in [0.15, 0.2) is 6.10 Å². The number of quaternary nitrogens is 1. The van der Waals surface area contributed by atoms with E-state index in [9.17, 15) is 19.0 Å². The van der Waals surface area contributed by atoms with Gasteiger partial charge in [-0.3, -0.25) is 13.8 Å². The van der Waals surface area contributed by atoms with Gasteiger partial charge in [-0.2, -0.15) is 0 Å². The number of amides is 1. The average Bonchev–Trinajstić information content (AvgIpc) is 2.82. The summed E-state index contributed by atoms with van der Waals surface area (Å²) in [6.07, 6.45) is 14.4. The molecule has 0 saturated heterocycles. The summed E-state index contributed by atoms with van der Waals surface area (Å²) < 4.78 is 32.8. The average molecular weight is 554 g/mol. The van der Waals surface area contributed by atoms with Crippen molar-refractivity contribution in [2.75, 3.05) is 54.6 Å². The van der Waals surface area contributed by atoms with Crippen LogP contribution in [0.15, 0.2) is 0 Å². The van der Waals surface area contributed by atoms with Gasteiger partial charge in [0.05, 0.1) is 27.7 Å². The number of nitrogens with zero attached hydrogens (tertiary/aromatic N) is 1. The second-order valence-electron chi connectivity index (χ2n) is 10.6. The molecule has 0 aliphatic rings. The maximum absolute atomic E-state index is 12.1. The van der Waals surface area contributed by atoms with Crippen molar-refractivity contribution in [2.45, 2.75) is 103 Å². The smallest absolute Gasteiger partial charge is 0.462 e. The predicted molar refractivity (Wildman–Crippen MR) is 145 cm³/mol. The van der Waals surface area contributed by atoms with Gasteiger partial charge >= 0.3 is 19.9 Å². The lowest BCUT2D eigenvalue weighted by Crippen LogP contribution is -2.37. The molecular formula is C26H54N2O8P+. The molecule has 0 spiro atoms. The van der Waals surface area contributed by atoms with Gasteiger partial charge in [-0.15, -0.1) is 0 Å². The van der Waals surface area contributed by atoms with Gasteiger partial charge in [-0.05, 0) is 6.42 Å². The van der Waals surface area contributed by atoms with E-state index < -0.39 is 32.6 Å². The molecule has 0 aromatic heterocycles. The number of alkyl carbamates (subject to hydrolysis) is 1. The van der Waals surface area contributed by atoms with Gasteiger partial charge in [0.1, 0.15) is 19.8 Å². The number of phosphoric ester groups is 1. The Morgan fingerprint density at radius 1 is 0.838 bits per heavy atom. The largest absolute Gasteiger partial charge is 0.472 e. The molecule has 2 atom stereocenters. The molecule has 220 valence electrons. The zero-order valence-electron chi connectivity index (χ0n) is 24.0. The fraction of sp³-hybridized carbons (Fsp3) is 0.923. The van der Waals surface area contributed by atoms with Crippen LogP contribution in [0.2, 0.25) is 0 Å². The molecule has 11 heteroatoms. The van der Waals surface area contributed by atoms with E-state index in [4.69, 9.17) is 18.5 Å². The Morgan fingerprint density at radius 2 is 1.35 bits per heavy atom. The minimum atomic E-state index is -4.34. The van der Waals surface area contributed by atoms with E-state index in [0.29, 0.717) is 11.0 Å². The maximum Gasteiger partial charge on any atom is 0.472 e. The van der Waals surface area contributed by atoms with Crippen molar-refractivity contribution in [3.8, 4) is 0 Å². The van der Waals surface area contributed by atoms with E-state index in [1.54, 1.807) is 0 Å². The highest BCUT2D eigenvalue weighted by atomic mass is 31.2. The molecular weight excluding hydrogens is 499 g/mol. The van der Waals surface area contributed by atoms with E-state index >= 15 is 0 Å². The predicted octanol–water partition coefficient (Wildman–Crippen LogP) is 5.58. The number of nitrogens with one attached hydrogen (secondary N) is 1. The van der Waals surface area contributed by atoms with Crippen LogP contribution >= 0.6 is 7.82 Å². The molecule has 0 fully saturated rings. The summed E-state index contributed by atoms with van der Waals surface area (Å²) >= 11 is 0. The number of hydrogen-bond acceptors (Lipinski definition) is 7. The number of ether oxygens (including phenoxy) is 2. The molecule has 1 unspecified atom stereocenters. The molecule has 37 heavy (non-hydrogen) atoms. The first kappa shape index (κ1) is 35.8. The zero-order chi connectivity index (χ0) is 28.0. The Bertz CT molecular complexity index is 643. The van der Waals surface area contributed by atoms with Crippen molar-refractivity contribution in [3.05, 3.63) is 0 Å². The Morgan fingerprint density at radius 3 is 1.84 bits per heavy atom. The van der Waals surface area contributed by atoms with Crippen molar-refractivity contribution in [1.82, 2.24) is 5.32 Å². The highest BCUT2D eigenvalue weighted by Gasteiger charge is 2.26. The second-order valence-corrected chi connectivity index (χ2v) is 12.0. The molecule has 0 aromatic rings. The number of phosphoric acid groups is 1. The quantitative estimate of drug-likeness (QED) is 0.0688. The van der Waals surface area contributed by atoms with E-state index in [1.165, 1.54) is 71.3 Å². The zero-order valence-corrected chi connectivity index (χ0v) is 24.9. The fourth-order valence-electron chi connectivity index (χ4n) is 3.52. The SMILES string of the molecule is CCCCCCCCCCCCCCCC(=O)OC[C@H](COP(=O)(O)OCC[N+](C)(C)C)OC(=O)NC. The normalized spacial score (nSPS) is 14.1. The molecule has 2 N–H and O–H groups in total. The lowest BCUT2D eigenvalue weighted by molar-refractivity contribution is -0.870. The lowest BCUT2D eigenvalue weighted by Gasteiger charge is -2.24. The van der Waals surface area contributed by atoms with E-state index in [-0.39, 0.29) is 19.6 Å². The third-order valence-corrected chi connectivity index (χ3v) is 6.82. The van der Waals surface area contributed by atoms with Crippen molar-refractivity contribution in [1.29, 1.82) is 0 Å². The highest BCUT2D eigenvalue weighted by molar-refractivity contribution is 7.47. The van der Waals surface area contributed by atoms with Gasteiger partial charge in [-0.1, -0.05) is 84.0 Å². The van der Waals surface area contributed by atoms with Gasteiger partial charge < -0.3 is 24.2 Å². The number of hydrogen-bond donors (Lipinski definition) is 2. The van der Waals surface area contributed by atoms with Gasteiger partial charge in [0, 0.05) is 13.5 Å². The molecule has 10 nitrogen and oxygen atoms in total. The van der Waals surface area contributed by atoms with Crippen molar-refractivity contribution in [2.24, 2.45) is 0 Å². The topological polar surface area (TPSA) is 120 Å². The molecule has 0 rings (SSSR count). The standard InChI is InChI=1S/C26H53N2O8P/c1-6-7-8-9-10-11-12-13-14-15-16-17-18-19-25(29)33-22-24(36-26(30)27-2)23-35-37(31,32)34-21-20-28(3,4)5/h24H,6-23H2,1-5H3,(H-,27,30,31,32)/p+1/t24-/m1/s1. The molecule has 0 aliphatic carbocycles. The highest BCUT2D eigenvalue weighted by Crippen LogP contribution is 2.43. The number of esters is 1. The van der Waals surface area contributed by atoms with E-state index in [0.717, 1.165) is 19.3 Å². The van der Waals surface area contributed by atoms with Crippen LogP contribution in [0.25, 0.3) is 0 Å². The fourth-order valence-corrected chi connectivity index (χ4v) is 4.26. The minimum Gasteiger partial charge on any atom is -0.462 e. The third kappa shape index (κ3) is 24.9. The van der Waals surface area contributed by atoms with Crippen LogP contribution in [0.5, 0.6) is 0 Å². The molecule has 0 saturated carbocycles. The number of carbonyl (C=O) groups excluding carboxylic acids is 2. The van der Waals surface area contributed by atoms with Crippen molar-refractivity contribution in [3.63, 3.8) is 0 Å². The molecule has 0 aromatic carbocycles. The van der Waals surface area contributed by atoms with Crippen LogP contribution in [-0.2, 0) is 27.9 Å².